The number of halogens is 1. The van der Waals surface area contributed by atoms with Crippen LogP contribution < -0.4 is 14.5 Å². The lowest BCUT2D eigenvalue weighted by molar-refractivity contribution is -0.120. The zero-order chi connectivity index (χ0) is 22.8. The van der Waals surface area contributed by atoms with E-state index in [4.69, 9.17) is 16.3 Å². The largest absolute Gasteiger partial charge is 0.494 e. The number of likely N-dealkylation sites (N-methyl/N-ethyl adjacent to an activating group) is 1. The first-order chi connectivity index (χ1) is 15.4. The molecule has 0 saturated carbocycles. The number of imide groups is 1. The highest BCUT2D eigenvalue weighted by molar-refractivity contribution is 6.46. The molecule has 1 heterocycles. The first-order valence-electron chi connectivity index (χ1n) is 10.3. The second kappa shape index (κ2) is 8.89. The molecule has 0 aliphatic carbocycles. The van der Waals surface area contributed by atoms with Crippen LogP contribution in [0.1, 0.15) is 18.1 Å². The van der Waals surface area contributed by atoms with Gasteiger partial charge in [0.15, 0.2) is 0 Å². The number of benzene rings is 3. The number of hydrogen-bond donors (Lipinski definition) is 0. The van der Waals surface area contributed by atoms with Gasteiger partial charge in [0.25, 0.3) is 11.8 Å². The first kappa shape index (κ1) is 21.7. The minimum absolute atomic E-state index is 0.307. The number of nitrogens with zero attached hydrogens (tertiary/aromatic N) is 2. The van der Waals surface area contributed by atoms with Crippen molar-refractivity contribution in [1.29, 1.82) is 0 Å². The summed E-state index contributed by atoms with van der Waals surface area (Å²) in [5, 5.41) is 0.496. The number of aryl methyl sites for hydroxylation is 1. The molecule has 32 heavy (non-hydrogen) atoms. The normalized spacial score (nSPS) is 13.7. The van der Waals surface area contributed by atoms with Crippen LogP contribution in [0, 0.1) is 6.92 Å². The van der Waals surface area contributed by atoms with Crippen molar-refractivity contribution >= 4 is 40.4 Å². The van der Waals surface area contributed by atoms with Gasteiger partial charge in [0.05, 0.1) is 17.9 Å². The van der Waals surface area contributed by atoms with Crippen molar-refractivity contribution in [2.75, 3.05) is 23.5 Å². The van der Waals surface area contributed by atoms with Gasteiger partial charge in [-0.1, -0.05) is 48.0 Å². The highest BCUT2D eigenvalue weighted by Gasteiger charge is 2.42. The highest BCUT2D eigenvalue weighted by Crippen LogP contribution is 2.37. The standard InChI is InChI=1S/C26H23ClN2O3/c1-4-32-21-14-11-18(12-15-21)23-24(28(3)19-8-6-5-7-9-19)26(31)29(25(23)30)20-13-10-17(2)22(27)16-20/h5-16H,4H2,1-3H3. The molecule has 3 aromatic rings. The molecule has 0 N–H and O–H groups in total. The van der Waals surface area contributed by atoms with Crippen LogP contribution in [0.4, 0.5) is 11.4 Å². The molecule has 0 atom stereocenters. The third-order valence-corrected chi connectivity index (χ3v) is 5.81. The molecule has 0 saturated heterocycles. The number of hydrogen-bond acceptors (Lipinski definition) is 4. The molecular formula is C26H23ClN2O3. The fraction of sp³-hybridized carbons (Fsp3) is 0.154. The lowest BCUT2D eigenvalue weighted by Crippen LogP contribution is -2.34. The lowest BCUT2D eigenvalue weighted by Gasteiger charge is -2.21. The maximum atomic E-state index is 13.6. The quantitative estimate of drug-likeness (QED) is 0.471. The fourth-order valence-electron chi connectivity index (χ4n) is 3.71. The van der Waals surface area contributed by atoms with Gasteiger partial charge in [-0.3, -0.25) is 9.59 Å². The Kier molecular flexibility index (Phi) is 6.01. The van der Waals surface area contributed by atoms with E-state index in [0.29, 0.717) is 39.9 Å². The van der Waals surface area contributed by atoms with Gasteiger partial charge >= 0.3 is 0 Å². The number of anilines is 2. The molecule has 162 valence electrons. The molecular weight excluding hydrogens is 424 g/mol. The van der Waals surface area contributed by atoms with Crippen LogP contribution in [0.5, 0.6) is 5.75 Å². The van der Waals surface area contributed by atoms with E-state index in [2.05, 4.69) is 0 Å². The molecule has 0 fully saturated rings. The molecule has 4 rings (SSSR count). The second-order valence-electron chi connectivity index (χ2n) is 7.45. The Morgan fingerprint density at radius 1 is 0.938 bits per heavy atom. The van der Waals surface area contributed by atoms with Crippen molar-refractivity contribution in [1.82, 2.24) is 0 Å². The van der Waals surface area contributed by atoms with E-state index >= 15 is 0 Å². The molecule has 0 spiro atoms. The number of amides is 2. The number of carbonyl (C=O) groups is 2. The number of para-hydroxylation sites is 1. The van der Waals surface area contributed by atoms with E-state index in [0.717, 1.165) is 11.3 Å². The van der Waals surface area contributed by atoms with Gasteiger partial charge in [0, 0.05) is 17.8 Å². The molecule has 6 heteroatoms. The van der Waals surface area contributed by atoms with Gasteiger partial charge in [0.1, 0.15) is 11.4 Å². The highest BCUT2D eigenvalue weighted by atomic mass is 35.5. The molecule has 0 aromatic heterocycles. The molecule has 0 unspecified atom stereocenters. The summed E-state index contributed by atoms with van der Waals surface area (Å²) in [4.78, 5) is 30.2. The summed E-state index contributed by atoms with van der Waals surface area (Å²) in [7, 11) is 1.79. The van der Waals surface area contributed by atoms with Crippen molar-refractivity contribution < 1.29 is 14.3 Å². The molecule has 5 nitrogen and oxygen atoms in total. The predicted molar refractivity (Wildman–Crippen MR) is 128 cm³/mol. The number of carbonyl (C=O) groups excluding carboxylic acids is 2. The van der Waals surface area contributed by atoms with Crippen LogP contribution >= 0.6 is 11.6 Å². The zero-order valence-corrected chi connectivity index (χ0v) is 18.9. The van der Waals surface area contributed by atoms with E-state index in [-0.39, 0.29) is 0 Å². The minimum Gasteiger partial charge on any atom is -0.494 e. The third-order valence-electron chi connectivity index (χ3n) is 5.41. The monoisotopic (exact) mass is 446 g/mol. The maximum absolute atomic E-state index is 13.6. The average Bonchev–Trinajstić information content (AvgIpc) is 3.06. The summed E-state index contributed by atoms with van der Waals surface area (Å²) in [5.41, 5.74) is 3.40. The van der Waals surface area contributed by atoms with Gasteiger partial charge in [-0.05, 0) is 61.4 Å². The van der Waals surface area contributed by atoms with E-state index in [1.165, 1.54) is 4.90 Å². The van der Waals surface area contributed by atoms with Crippen LogP contribution in [0.15, 0.2) is 78.5 Å². The van der Waals surface area contributed by atoms with E-state index in [9.17, 15) is 9.59 Å². The molecule has 2 amide bonds. The molecule has 0 radical (unpaired) electrons. The van der Waals surface area contributed by atoms with Crippen molar-refractivity contribution in [3.63, 3.8) is 0 Å². The fourth-order valence-corrected chi connectivity index (χ4v) is 3.88. The van der Waals surface area contributed by atoms with E-state index in [1.54, 1.807) is 54.4 Å². The van der Waals surface area contributed by atoms with Crippen molar-refractivity contribution in [3.8, 4) is 5.75 Å². The van der Waals surface area contributed by atoms with Gasteiger partial charge in [-0.2, -0.15) is 0 Å². The smallest absolute Gasteiger partial charge is 0.282 e. The van der Waals surface area contributed by atoms with Crippen LogP contribution in [0.25, 0.3) is 5.57 Å². The van der Waals surface area contributed by atoms with Gasteiger partial charge < -0.3 is 9.64 Å². The summed E-state index contributed by atoms with van der Waals surface area (Å²) >= 11 is 6.30. The first-order valence-corrected chi connectivity index (χ1v) is 10.7. The Bertz CT molecular complexity index is 1200. The minimum atomic E-state index is -0.398. The lowest BCUT2D eigenvalue weighted by atomic mass is 10.0. The Hall–Kier alpha value is -3.57. The summed E-state index contributed by atoms with van der Waals surface area (Å²) < 4.78 is 5.53. The van der Waals surface area contributed by atoms with Crippen LogP contribution in [0.2, 0.25) is 5.02 Å². The Morgan fingerprint density at radius 2 is 1.62 bits per heavy atom. The van der Waals surface area contributed by atoms with Crippen LogP contribution in [0.3, 0.4) is 0 Å². The predicted octanol–water partition coefficient (Wildman–Crippen LogP) is 5.47. The van der Waals surface area contributed by atoms with Crippen molar-refractivity contribution in [2.24, 2.45) is 0 Å². The number of rotatable bonds is 6. The third kappa shape index (κ3) is 3.87. The summed E-state index contributed by atoms with van der Waals surface area (Å²) in [6.45, 7) is 4.33. The SMILES string of the molecule is CCOc1ccc(C2=C(N(C)c3ccccc3)C(=O)N(c3ccc(C)c(Cl)c3)C2=O)cc1. The Labute approximate surface area is 192 Å². The van der Waals surface area contributed by atoms with Crippen LogP contribution in [-0.4, -0.2) is 25.5 Å². The van der Waals surface area contributed by atoms with Crippen molar-refractivity contribution in [2.45, 2.75) is 13.8 Å². The summed E-state index contributed by atoms with van der Waals surface area (Å²) in [5.74, 6) is -0.0872. The molecule has 0 bridgehead atoms. The maximum Gasteiger partial charge on any atom is 0.282 e. The van der Waals surface area contributed by atoms with E-state index in [1.807, 2.05) is 44.2 Å². The van der Waals surface area contributed by atoms with Crippen LogP contribution in [-0.2, 0) is 9.59 Å². The summed E-state index contributed by atoms with van der Waals surface area (Å²) in [6.07, 6.45) is 0. The average molecular weight is 447 g/mol. The summed E-state index contributed by atoms with van der Waals surface area (Å²) in [6, 6.07) is 21.9. The van der Waals surface area contributed by atoms with Gasteiger partial charge in [0.2, 0.25) is 0 Å². The second-order valence-corrected chi connectivity index (χ2v) is 7.86. The molecule has 1 aliphatic heterocycles. The van der Waals surface area contributed by atoms with Gasteiger partial charge in [-0.15, -0.1) is 0 Å². The molecule has 1 aliphatic rings. The van der Waals surface area contributed by atoms with E-state index < -0.39 is 11.8 Å². The Balaban J connectivity index is 1.84. The number of ether oxygens (including phenoxy) is 1. The van der Waals surface area contributed by atoms with Crippen molar-refractivity contribution in [3.05, 3.63) is 94.6 Å². The zero-order valence-electron chi connectivity index (χ0n) is 18.1. The van der Waals surface area contributed by atoms with Gasteiger partial charge in [-0.25, -0.2) is 4.90 Å². The Morgan fingerprint density at radius 3 is 2.25 bits per heavy atom. The topological polar surface area (TPSA) is 49.9 Å². The molecule has 3 aromatic carbocycles.